The molecular formula is C28H28Cl2N2O3. The third kappa shape index (κ3) is 4.32. The summed E-state index contributed by atoms with van der Waals surface area (Å²) in [5.41, 5.74) is 5.16. The van der Waals surface area contributed by atoms with Gasteiger partial charge in [0.05, 0.1) is 31.0 Å². The second-order valence-electron chi connectivity index (χ2n) is 9.86. The highest BCUT2D eigenvalue weighted by Gasteiger charge is 2.42. The van der Waals surface area contributed by atoms with Gasteiger partial charge in [0.15, 0.2) is 11.5 Å². The van der Waals surface area contributed by atoms with Gasteiger partial charge in [-0.3, -0.25) is 0 Å². The van der Waals surface area contributed by atoms with E-state index in [1.54, 1.807) is 20.3 Å². The number of benzene rings is 3. The van der Waals surface area contributed by atoms with Gasteiger partial charge < -0.3 is 14.2 Å². The summed E-state index contributed by atoms with van der Waals surface area (Å²) in [4.78, 5) is 0. The summed E-state index contributed by atoms with van der Waals surface area (Å²) in [5.74, 6) is 2.00. The number of ether oxygens (including phenoxy) is 3. The topological polar surface area (TPSA) is 43.3 Å². The van der Waals surface area contributed by atoms with Crippen molar-refractivity contribution in [3.63, 3.8) is 0 Å². The monoisotopic (exact) mass is 510 g/mol. The van der Waals surface area contributed by atoms with Crippen LogP contribution in [0.1, 0.15) is 61.7 Å². The molecule has 2 atom stereocenters. The van der Waals surface area contributed by atoms with Gasteiger partial charge in [-0.05, 0) is 41.3 Å². The molecule has 0 radical (unpaired) electrons. The molecule has 2 heterocycles. The van der Waals surface area contributed by atoms with Crippen molar-refractivity contribution in [3.8, 4) is 17.2 Å². The highest BCUT2D eigenvalue weighted by atomic mass is 35.5. The summed E-state index contributed by atoms with van der Waals surface area (Å²) >= 11 is 13.0. The van der Waals surface area contributed by atoms with Crippen molar-refractivity contribution in [2.24, 2.45) is 5.10 Å². The quantitative estimate of drug-likeness (QED) is 0.363. The maximum absolute atomic E-state index is 6.61. The van der Waals surface area contributed by atoms with E-state index < -0.39 is 6.23 Å². The fourth-order valence-electron chi connectivity index (χ4n) is 4.67. The first-order valence-electron chi connectivity index (χ1n) is 11.5. The number of hydrogen-bond acceptors (Lipinski definition) is 5. The lowest BCUT2D eigenvalue weighted by molar-refractivity contribution is -0.0189. The Morgan fingerprint density at radius 1 is 0.943 bits per heavy atom. The van der Waals surface area contributed by atoms with E-state index in [2.05, 4.69) is 45.0 Å². The molecule has 5 rings (SSSR count). The molecule has 35 heavy (non-hydrogen) atoms. The first kappa shape index (κ1) is 23.8. The van der Waals surface area contributed by atoms with E-state index in [4.69, 9.17) is 42.5 Å². The van der Waals surface area contributed by atoms with Crippen LogP contribution < -0.4 is 14.2 Å². The SMILES string of the molecule is COc1ccc(C2=NN3[C@@H](C2)c2cc(Cl)cc(Cl)c2O[C@H]3c2ccc(C(C)(C)C)cc2)cc1OC. The molecule has 3 aromatic carbocycles. The van der Waals surface area contributed by atoms with Crippen LogP contribution in [0.25, 0.3) is 0 Å². The Morgan fingerprint density at radius 2 is 1.66 bits per heavy atom. The molecule has 0 bridgehead atoms. The van der Waals surface area contributed by atoms with E-state index in [9.17, 15) is 0 Å². The Balaban J connectivity index is 1.59. The standard InChI is InChI=1S/C28H28Cl2N2O3/c1-28(2,3)18-9-6-16(7-10-18)27-32-23(20-13-19(29)14-21(30)26(20)35-27)15-22(31-32)17-8-11-24(33-4)25(12-17)34-5/h6-14,23,27H,15H2,1-5H3/t23-,27-/m0/s1. The van der Waals surface area contributed by atoms with Gasteiger partial charge in [0.2, 0.25) is 6.23 Å². The van der Waals surface area contributed by atoms with Crippen molar-refractivity contribution in [1.29, 1.82) is 0 Å². The normalized spacial score (nSPS) is 18.9. The first-order chi connectivity index (χ1) is 16.7. The number of halogens is 2. The Labute approximate surface area is 216 Å². The van der Waals surface area contributed by atoms with Gasteiger partial charge in [-0.25, -0.2) is 5.01 Å². The number of fused-ring (bicyclic) bond motifs is 3. The molecule has 2 aliphatic heterocycles. The molecule has 0 saturated carbocycles. The Kier molecular flexibility index (Phi) is 6.10. The number of hydrogen-bond donors (Lipinski definition) is 0. The van der Waals surface area contributed by atoms with Crippen molar-refractivity contribution >= 4 is 28.9 Å². The van der Waals surface area contributed by atoms with Gasteiger partial charge in [-0.1, -0.05) is 68.2 Å². The second-order valence-corrected chi connectivity index (χ2v) is 10.7. The zero-order valence-corrected chi connectivity index (χ0v) is 21.9. The van der Waals surface area contributed by atoms with E-state index in [-0.39, 0.29) is 11.5 Å². The van der Waals surface area contributed by atoms with Crippen LogP contribution in [0.2, 0.25) is 10.0 Å². The van der Waals surface area contributed by atoms with Crippen LogP contribution in [-0.4, -0.2) is 24.9 Å². The summed E-state index contributed by atoms with van der Waals surface area (Å²) in [5, 5.41) is 8.14. The fraction of sp³-hybridized carbons (Fsp3) is 0.321. The van der Waals surface area contributed by atoms with Crippen molar-refractivity contribution in [2.45, 2.75) is 44.9 Å². The minimum Gasteiger partial charge on any atom is -0.493 e. The van der Waals surface area contributed by atoms with E-state index in [1.807, 2.05) is 29.3 Å². The predicted molar refractivity (Wildman–Crippen MR) is 140 cm³/mol. The molecule has 0 fully saturated rings. The minimum atomic E-state index is -0.419. The third-order valence-corrected chi connectivity index (χ3v) is 7.09. The average molecular weight is 511 g/mol. The predicted octanol–water partition coefficient (Wildman–Crippen LogP) is 7.55. The summed E-state index contributed by atoms with van der Waals surface area (Å²) < 4.78 is 17.4. The molecule has 7 heteroatoms. The van der Waals surface area contributed by atoms with Crippen LogP contribution in [-0.2, 0) is 5.41 Å². The largest absolute Gasteiger partial charge is 0.493 e. The molecule has 0 aliphatic carbocycles. The van der Waals surface area contributed by atoms with E-state index in [1.165, 1.54) is 5.56 Å². The van der Waals surface area contributed by atoms with Crippen molar-refractivity contribution in [3.05, 3.63) is 86.9 Å². The van der Waals surface area contributed by atoms with Crippen LogP contribution in [0.5, 0.6) is 17.2 Å². The molecule has 182 valence electrons. The highest BCUT2D eigenvalue weighted by molar-refractivity contribution is 6.35. The fourth-order valence-corrected chi connectivity index (χ4v) is 5.23. The average Bonchev–Trinajstić information content (AvgIpc) is 3.28. The van der Waals surface area contributed by atoms with E-state index in [0.29, 0.717) is 33.7 Å². The lowest BCUT2D eigenvalue weighted by Gasteiger charge is -2.38. The van der Waals surface area contributed by atoms with Crippen LogP contribution in [0, 0.1) is 0 Å². The van der Waals surface area contributed by atoms with E-state index in [0.717, 1.165) is 22.4 Å². The van der Waals surface area contributed by atoms with Gasteiger partial charge >= 0.3 is 0 Å². The summed E-state index contributed by atoms with van der Waals surface area (Å²) in [6, 6.07) is 18.0. The molecule has 0 saturated heterocycles. The smallest absolute Gasteiger partial charge is 0.213 e. The second kappa shape index (κ2) is 8.96. The lowest BCUT2D eigenvalue weighted by Crippen LogP contribution is -2.34. The molecule has 0 amide bonds. The summed E-state index contributed by atoms with van der Waals surface area (Å²) in [6.45, 7) is 6.61. The maximum atomic E-state index is 6.61. The van der Waals surface area contributed by atoms with Gasteiger partial charge in [0.1, 0.15) is 5.75 Å². The van der Waals surface area contributed by atoms with Crippen molar-refractivity contribution in [1.82, 2.24) is 5.01 Å². The van der Waals surface area contributed by atoms with Crippen LogP contribution in [0.15, 0.2) is 59.7 Å². The molecule has 2 aliphatic rings. The number of hydrazone groups is 1. The number of methoxy groups -OCH3 is 2. The Hall–Kier alpha value is -2.89. The van der Waals surface area contributed by atoms with Crippen LogP contribution in [0.4, 0.5) is 0 Å². The van der Waals surface area contributed by atoms with Crippen LogP contribution >= 0.6 is 23.2 Å². The van der Waals surface area contributed by atoms with Gasteiger partial charge in [-0.2, -0.15) is 5.10 Å². The van der Waals surface area contributed by atoms with Crippen molar-refractivity contribution < 1.29 is 14.2 Å². The molecular weight excluding hydrogens is 483 g/mol. The molecule has 0 spiro atoms. The molecule has 5 nitrogen and oxygen atoms in total. The summed E-state index contributed by atoms with van der Waals surface area (Å²) in [7, 11) is 3.26. The van der Waals surface area contributed by atoms with Gasteiger partial charge in [0, 0.05) is 28.1 Å². The summed E-state index contributed by atoms with van der Waals surface area (Å²) in [6.07, 6.45) is 0.261. The molecule has 0 N–H and O–H groups in total. The minimum absolute atomic E-state index is 0.0630. The Morgan fingerprint density at radius 3 is 2.31 bits per heavy atom. The van der Waals surface area contributed by atoms with E-state index >= 15 is 0 Å². The number of nitrogens with zero attached hydrogens (tertiary/aromatic N) is 2. The third-order valence-electron chi connectivity index (χ3n) is 6.59. The van der Waals surface area contributed by atoms with Gasteiger partial charge in [-0.15, -0.1) is 0 Å². The maximum Gasteiger partial charge on any atom is 0.213 e. The lowest BCUT2D eigenvalue weighted by atomic mass is 9.86. The highest BCUT2D eigenvalue weighted by Crippen LogP contribution is 2.51. The number of rotatable bonds is 4. The molecule has 0 aromatic heterocycles. The van der Waals surface area contributed by atoms with Crippen molar-refractivity contribution in [2.75, 3.05) is 14.2 Å². The zero-order chi connectivity index (χ0) is 24.9. The first-order valence-corrected chi connectivity index (χ1v) is 12.3. The zero-order valence-electron chi connectivity index (χ0n) is 20.4. The molecule has 0 unspecified atom stereocenters. The molecule has 3 aromatic rings. The van der Waals surface area contributed by atoms with Crippen LogP contribution in [0.3, 0.4) is 0 Å². The van der Waals surface area contributed by atoms with Gasteiger partial charge in [0.25, 0.3) is 0 Å². The Bertz CT molecular complexity index is 1300.